The van der Waals surface area contributed by atoms with Crippen molar-refractivity contribution in [2.24, 2.45) is 11.7 Å². The summed E-state index contributed by atoms with van der Waals surface area (Å²) in [6, 6.07) is 4.28. The topological polar surface area (TPSA) is 125 Å². The Labute approximate surface area is 165 Å². The molecule has 1 atom stereocenters. The number of nitrogens with one attached hydrogen (secondary N) is 1. The molecule has 9 heteroatoms. The number of carbonyl (C=O) groups excluding carboxylic acids is 2. The van der Waals surface area contributed by atoms with Crippen LogP contribution in [-0.2, 0) is 17.6 Å². The number of nitrogens with two attached hydrogens (primary N) is 1. The van der Waals surface area contributed by atoms with Gasteiger partial charge in [0.2, 0.25) is 0 Å². The van der Waals surface area contributed by atoms with Gasteiger partial charge in [0.15, 0.2) is 6.61 Å². The van der Waals surface area contributed by atoms with E-state index in [2.05, 4.69) is 12.2 Å². The van der Waals surface area contributed by atoms with Crippen molar-refractivity contribution in [2.45, 2.75) is 33.1 Å². The van der Waals surface area contributed by atoms with Gasteiger partial charge < -0.3 is 15.8 Å². The minimum absolute atomic E-state index is 0.0127. The fraction of sp³-hybridized carbons (Fsp3) is 0.368. The summed E-state index contributed by atoms with van der Waals surface area (Å²) in [6.07, 6.45) is 2.63. The minimum Gasteiger partial charge on any atom is -0.484 e. The van der Waals surface area contributed by atoms with E-state index in [0.29, 0.717) is 27.8 Å². The predicted octanol–water partition coefficient (Wildman–Crippen LogP) is 3.21. The molecule has 0 saturated heterocycles. The van der Waals surface area contributed by atoms with Crippen molar-refractivity contribution in [3.05, 3.63) is 49.9 Å². The smallest absolute Gasteiger partial charge is 0.272 e. The molecule has 0 radical (unpaired) electrons. The van der Waals surface area contributed by atoms with Crippen LogP contribution in [0.15, 0.2) is 18.2 Å². The van der Waals surface area contributed by atoms with Gasteiger partial charge in [-0.15, -0.1) is 11.3 Å². The lowest BCUT2D eigenvalue weighted by Gasteiger charge is -2.18. The molecular formula is C19H21N3O5S. The Bertz CT molecular complexity index is 953. The van der Waals surface area contributed by atoms with Crippen LogP contribution in [0.25, 0.3) is 0 Å². The monoisotopic (exact) mass is 403 g/mol. The number of thiophene rings is 1. The number of hydrogen-bond acceptors (Lipinski definition) is 6. The lowest BCUT2D eigenvalue weighted by atomic mass is 9.88. The van der Waals surface area contributed by atoms with Crippen LogP contribution in [0, 0.1) is 23.0 Å². The Morgan fingerprint density at radius 3 is 2.82 bits per heavy atom. The largest absolute Gasteiger partial charge is 0.484 e. The van der Waals surface area contributed by atoms with Gasteiger partial charge in [0.1, 0.15) is 10.8 Å². The molecule has 8 nitrogen and oxygen atoms in total. The van der Waals surface area contributed by atoms with E-state index in [-0.39, 0.29) is 12.3 Å². The molecule has 1 aromatic carbocycles. The SMILES string of the molecule is Cc1cc(OCC(=O)Nc2sc3c(c2C(N)=O)CCC(C)C3)ccc1[N+](=O)[O-]. The molecular weight excluding hydrogens is 382 g/mol. The van der Waals surface area contributed by atoms with Crippen molar-refractivity contribution in [1.82, 2.24) is 0 Å². The number of fused-ring (bicyclic) bond motifs is 1. The van der Waals surface area contributed by atoms with Gasteiger partial charge >= 0.3 is 0 Å². The molecule has 0 saturated carbocycles. The third-order valence-corrected chi connectivity index (χ3v) is 5.92. The maximum atomic E-state index is 12.3. The van der Waals surface area contributed by atoms with Gasteiger partial charge in [0.25, 0.3) is 17.5 Å². The third kappa shape index (κ3) is 4.14. The number of anilines is 1. The van der Waals surface area contributed by atoms with Crippen molar-refractivity contribution >= 4 is 33.8 Å². The summed E-state index contributed by atoms with van der Waals surface area (Å²) in [7, 11) is 0. The van der Waals surface area contributed by atoms with Gasteiger partial charge in [-0.3, -0.25) is 19.7 Å². The standard InChI is InChI=1S/C19H21N3O5S/c1-10-3-5-13-15(7-10)28-19(17(13)18(20)24)21-16(23)9-27-12-4-6-14(22(25)26)11(2)8-12/h4,6,8,10H,3,5,7,9H2,1-2H3,(H2,20,24)(H,21,23). The fourth-order valence-electron chi connectivity index (χ4n) is 3.33. The first kappa shape index (κ1) is 19.8. The van der Waals surface area contributed by atoms with Crippen molar-refractivity contribution in [3.63, 3.8) is 0 Å². The zero-order valence-corrected chi connectivity index (χ0v) is 16.4. The first-order valence-electron chi connectivity index (χ1n) is 8.88. The number of nitrogens with zero attached hydrogens (tertiary/aromatic N) is 1. The minimum atomic E-state index is -0.547. The lowest BCUT2D eigenvalue weighted by molar-refractivity contribution is -0.385. The van der Waals surface area contributed by atoms with E-state index in [4.69, 9.17) is 10.5 Å². The summed E-state index contributed by atoms with van der Waals surface area (Å²) in [4.78, 5) is 35.7. The molecule has 148 valence electrons. The Kier molecular flexibility index (Phi) is 5.64. The highest BCUT2D eigenvalue weighted by atomic mass is 32.1. The zero-order valence-electron chi connectivity index (χ0n) is 15.6. The Morgan fingerprint density at radius 2 is 2.18 bits per heavy atom. The summed E-state index contributed by atoms with van der Waals surface area (Å²) in [5.74, 6) is -0.0868. The molecule has 1 aliphatic carbocycles. The number of rotatable bonds is 6. The molecule has 2 aromatic rings. The summed E-state index contributed by atoms with van der Waals surface area (Å²) >= 11 is 1.39. The number of nitro benzene ring substituents is 1. The highest BCUT2D eigenvalue weighted by Gasteiger charge is 2.27. The van der Waals surface area contributed by atoms with Crippen LogP contribution >= 0.6 is 11.3 Å². The Hall–Kier alpha value is -2.94. The molecule has 28 heavy (non-hydrogen) atoms. The van der Waals surface area contributed by atoms with E-state index in [1.54, 1.807) is 6.92 Å². The number of carbonyl (C=O) groups is 2. The Balaban J connectivity index is 1.69. The second kappa shape index (κ2) is 7.97. The van der Waals surface area contributed by atoms with Crippen LogP contribution in [0.2, 0.25) is 0 Å². The molecule has 1 heterocycles. The maximum Gasteiger partial charge on any atom is 0.272 e. The number of hydrogen-bond donors (Lipinski definition) is 2. The van der Waals surface area contributed by atoms with Gasteiger partial charge in [-0.05, 0) is 49.8 Å². The maximum absolute atomic E-state index is 12.3. The lowest BCUT2D eigenvalue weighted by Crippen LogP contribution is -2.22. The molecule has 1 unspecified atom stereocenters. The van der Waals surface area contributed by atoms with E-state index in [0.717, 1.165) is 29.7 Å². The number of benzene rings is 1. The summed E-state index contributed by atoms with van der Waals surface area (Å²) in [6.45, 7) is 3.47. The molecule has 2 amide bonds. The average molecular weight is 403 g/mol. The van der Waals surface area contributed by atoms with Gasteiger partial charge in [-0.25, -0.2) is 0 Å². The van der Waals surface area contributed by atoms with E-state index in [9.17, 15) is 19.7 Å². The highest BCUT2D eigenvalue weighted by Crippen LogP contribution is 2.39. The van der Waals surface area contributed by atoms with Gasteiger partial charge in [0.05, 0.1) is 10.5 Å². The van der Waals surface area contributed by atoms with Crippen molar-refractivity contribution in [3.8, 4) is 5.75 Å². The first-order valence-corrected chi connectivity index (χ1v) is 9.70. The van der Waals surface area contributed by atoms with Crippen LogP contribution in [-0.4, -0.2) is 23.3 Å². The number of amides is 2. The predicted molar refractivity (Wildman–Crippen MR) is 106 cm³/mol. The summed E-state index contributed by atoms with van der Waals surface area (Å²) < 4.78 is 5.43. The number of aryl methyl sites for hydroxylation is 1. The van der Waals surface area contributed by atoms with Crippen LogP contribution in [0.3, 0.4) is 0 Å². The summed E-state index contributed by atoms with van der Waals surface area (Å²) in [5.41, 5.74) is 7.31. The van der Waals surface area contributed by atoms with Gasteiger partial charge in [0, 0.05) is 16.5 Å². The zero-order chi connectivity index (χ0) is 20.4. The molecule has 0 spiro atoms. The van der Waals surface area contributed by atoms with Gasteiger partial charge in [-0.1, -0.05) is 6.92 Å². The van der Waals surface area contributed by atoms with E-state index >= 15 is 0 Å². The third-order valence-electron chi connectivity index (χ3n) is 4.75. The van der Waals surface area contributed by atoms with Crippen LogP contribution < -0.4 is 15.8 Å². The van der Waals surface area contributed by atoms with Crippen LogP contribution in [0.1, 0.15) is 39.7 Å². The van der Waals surface area contributed by atoms with Gasteiger partial charge in [-0.2, -0.15) is 0 Å². The van der Waals surface area contributed by atoms with Crippen molar-refractivity contribution in [2.75, 3.05) is 11.9 Å². The summed E-state index contributed by atoms with van der Waals surface area (Å²) in [5, 5.41) is 14.0. The normalized spacial score (nSPS) is 15.6. The molecule has 3 N–H and O–H groups in total. The number of nitro groups is 1. The second-order valence-electron chi connectivity index (χ2n) is 6.96. The van der Waals surface area contributed by atoms with E-state index < -0.39 is 16.7 Å². The molecule has 0 bridgehead atoms. The molecule has 0 aliphatic heterocycles. The fourth-order valence-corrected chi connectivity index (χ4v) is 4.77. The average Bonchev–Trinajstić information content (AvgIpc) is 2.96. The Morgan fingerprint density at radius 1 is 1.43 bits per heavy atom. The number of primary amides is 1. The van der Waals surface area contributed by atoms with Crippen molar-refractivity contribution < 1.29 is 19.2 Å². The van der Waals surface area contributed by atoms with E-state index in [1.165, 1.54) is 29.5 Å². The first-order chi connectivity index (χ1) is 13.3. The highest BCUT2D eigenvalue weighted by molar-refractivity contribution is 7.17. The molecule has 3 rings (SSSR count). The van der Waals surface area contributed by atoms with Crippen molar-refractivity contribution in [1.29, 1.82) is 0 Å². The van der Waals surface area contributed by atoms with E-state index in [1.807, 2.05) is 0 Å². The molecule has 1 aliphatic rings. The van der Waals surface area contributed by atoms with Crippen LogP contribution in [0.5, 0.6) is 5.75 Å². The van der Waals surface area contributed by atoms with Crippen LogP contribution in [0.4, 0.5) is 10.7 Å². The second-order valence-corrected chi connectivity index (χ2v) is 8.07. The molecule has 1 aromatic heterocycles. The quantitative estimate of drug-likeness (QED) is 0.566. The molecule has 0 fully saturated rings. The number of ether oxygens (including phenoxy) is 1.